The number of carbonyl (C=O) groups is 1. The van der Waals surface area contributed by atoms with Crippen molar-refractivity contribution in [2.45, 2.75) is 0 Å². The first-order valence-electron chi connectivity index (χ1n) is 7.49. The number of anilines is 2. The monoisotopic (exact) mass is 398 g/mol. The first-order valence-corrected chi connectivity index (χ1v) is 9.72. The summed E-state index contributed by atoms with van der Waals surface area (Å²) in [6, 6.07) is 11.2. The Kier molecular flexibility index (Phi) is 6.33. The highest BCUT2D eigenvalue weighted by Crippen LogP contribution is 2.33. The second-order valence-electron chi connectivity index (χ2n) is 5.36. The zero-order valence-corrected chi connectivity index (χ0v) is 16.1. The molecule has 0 aliphatic rings. The average molecular weight is 399 g/mol. The molecule has 9 heteroatoms. The summed E-state index contributed by atoms with van der Waals surface area (Å²) in [5.74, 6) is 0.227. The van der Waals surface area contributed by atoms with Gasteiger partial charge in [0, 0.05) is 16.8 Å². The number of sulfonamides is 1. The fourth-order valence-electron chi connectivity index (χ4n) is 2.24. The molecule has 0 radical (unpaired) electrons. The summed E-state index contributed by atoms with van der Waals surface area (Å²) in [4.78, 5) is 12.4. The summed E-state index contributed by atoms with van der Waals surface area (Å²) in [5.41, 5.74) is 0.714. The van der Waals surface area contributed by atoms with Gasteiger partial charge in [0.1, 0.15) is 18.0 Å². The van der Waals surface area contributed by atoms with Crippen molar-refractivity contribution in [2.75, 3.05) is 36.6 Å². The van der Waals surface area contributed by atoms with E-state index in [-0.39, 0.29) is 5.69 Å². The molecule has 0 aromatic heterocycles. The number of nitrogens with one attached hydrogen (secondary N) is 1. The van der Waals surface area contributed by atoms with Gasteiger partial charge in [-0.25, -0.2) is 8.42 Å². The number of carbonyl (C=O) groups excluding carboxylic acids is 1. The number of hydrogen-bond acceptors (Lipinski definition) is 5. The molecule has 2 aromatic rings. The Bertz CT molecular complexity index is 885. The topological polar surface area (TPSA) is 84.9 Å². The summed E-state index contributed by atoms with van der Waals surface area (Å²) < 4.78 is 35.9. The molecule has 0 aliphatic heterocycles. The van der Waals surface area contributed by atoms with Crippen molar-refractivity contribution in [3.05, 3.63) is 47.5 Å². The molecule has 7 nitrogen and oxygen atoms in total. The lowest BCUT2D eigenvalue weighted by molar-refractivity contribution is -0.114. The van der Waals surface area contributed by atoms with Crippen LogP contribution in [0.5, 0.6) is 11.5 Å². The molecular formula is C17H19ClN2O5S. The van der Waals surface area contributed by atoms with Crippen molar-refractivity contribution in [3.8, 4) is 11.5 Å². The van der Waals surface area contributed by atoms with Crippen LogP contribution in [0.25, 0.3) is 0 Å². The molecule has 140 valence electrons. The fourth-order valence-corrected chi connectivity index (χ4v) is 3.21. The Morgan fingerprint density at radius 3 is 2.31 bits per heavy atom. The number of benzene rings is 2. The number of hydrogen-bond donors (Lipinski definition) is 1. The summed E-state index contributed by atoms with van der Waals surface area (Å²) >= 11 is 5.81. The van der Waals surface area contributed by atoms with Gasteiger partial charge in [0.2, 0.25) is 15.9 Å². The number of rotatable bonds is 7. The molecule has 2 rings (SSSR count). The lowest BCUT2D eigenvalue weighted by atomic mass is 10.2. The van der Waals surface area contributed by atoms with Crippen LogP contribution in [0.15, 0.2) is 42.5 Å². The molecule has 2 aromatic carbocycles. The first kappa shape index (κ1) is 19.9. The predicted molar refractivity (Wildman–Crippen MR) is 102 cm³/mol. The van der Waals surface area contributed by atoms with Gasteiger partial charge in [-0.2, -0.15) is 0 Å². The third kappa shape index (κ3) is 5.03. The standard InChI is InChI=1S/C17H19ClN2O5S/c1-24-14-8-9-16(25-2)15(10-14)20(26(3,22)23)11-17(21)19-13-6-4-12(18)5-7-13/h4-10H,11H2,1-3H3,(H,19,21). The molecule has 0 aliphatic carbocycles. The van der Waals surface area contributed by atoms with Crippen LogP contribution in [0, 0.1) is 0 Å². The van der Waals surface area contributed by atoms with Gasteiger partial charge in [0.25, 0.3) is 0 Å². The average Bonchev–Trinajstić information content (AvgIpc) is 2.60. The van der Waals surface area contributed by atoms with Crippen molar-refractivity contribution in [2.24, 2.45) is 0 Å². The lowest BCUT2D eigenvalue weighted by Gasteiger charge is -2.24. The van der Waals surface area contributed by atoms with E-state index in [4.69, 9.17) is 21.1 Å². The zero-order valence-electron chi connectivity index (χ0n) is 14.5. The maximum Gasteiger partial charge on any atom is 0.245 e. The highest BCUT2D eigenvalue weighted by molar-refractivity contribution is 7.92. The van der Waals surface area contributed by atoms with Crippen molar-refractivity contribution < 1.29 is 22.7 Å². The van der Waals surface area contributed by atoms with Crippen LogP contribution in [0.1, 0.15) is 0 Å². The van der Waals surface area contributed by atoms with Gasteiger partial charge in [-0.15, -0.1) is 0 Å². The second-order valence-corrected chi connectivity index (χ2v) is 7.71. The molecule has 26 heavy (non-hydrogen) atoms. The SMILES string of the molecule is COc1ccc(OC)c(N(CC(=O)Nc2ccc(Cl)cc2)S(C)(=O)=O)c1. The molecule has 1 N–H and O–H groups in total. The minimum atomic E-state index is -3.75. The van der Waals surface area contributed by atoms with E-state index in [1.54, 1.807) is 36.4 Å². The predicted octanol–water partition coefficient (Wildman–Crippen LogP) is 2.76. The number of amides is 1. The molecule has 0 bridgehead atoms. The van der Waals surface area contributed by atoms with E-state index in [0.29, 0.717) is 22.2 Å². The van der Waals surface area contributed by atoms with Crippen LogP contribution in [0.4, 0.5) is 11.4 Å². The van der Waals surface area contributed by atoms with E-state index in [9.17, 15) is 13.2 Å². The van der Waals surface area contributed by atoms with Crippen molar-refractivity contribution in [3.63, 3.8) is 0 Å². The minimum absolute atomic E-state index is 0.209. The van der Waals surface area contributed by atoms with Gasteiger partial charge < -0.3 is 14.8 Å². The fraction of sp³-hybridized carbons (Fsp3) is 0.235. The van der Waals surface area contributed by atoms with Gasteiger partial charge >= 0.3 is 0 Å². The van der Waals surface area contributed by atoms with Crippen LogP contribution < -0.4 is 19.1 Å². The summed E-state index contributed by atoms with van der Waals surface area (Å²) in [7, 11) is -0.876. The molecule has 0 saturated heterocycles. The maximum absolute atomic E-state index is 12.4. The Balaban J connectivity index is 2.31. The third-order valence-electron chi connectivity index (χ3n) is 3.47. The Morgan fingerprint density at radius 1 is 1.12 bits per heavy atom. The van der Waals surface area contributed by atoms with E-state index in [0.717, 1.165) is 10.6 Å². The smallest absolute Gasteiger partial charge is 0.245 e. The maximum atomic E-state index is 12.4. The van der Waals surface area contributed by atoms with E-state index >= 15 is 0 Å². The van der Waals surface area contributed by atoms with Gasteiger partial charge in [-0.05, 0) is 36.4 Å². The van der Waals surface area contributed by atoms with Crippen LogP contribution in [-0.4, -0.2) is 41.3 Å². The molecule has 0 spiro atoms. The highest BCUT2D eigenvalue weighted by atomic mass is 35.5. The summed E-state index contributed by atoms with van der Waals surface area (Å²) in [6.45, 7) is -0.426. The van der Waals surface area contributed by atoms with Crippen molar-refractivity contribution in [1.29, 1.82) is 0 Å². The molecule has 0 fully saturated rings. The van der Waals surface area contributed by atoms with Crippen molar-refractivity contribution >= 4 is 38.9 Å². The largest absolute Gasteiger partial charge is 0.497 e. The van der Waals surface area contributed by atoms with Crippen LogP contribution in [0.2, 0.25) is 5.02 Å². The van der Waals surface area contributed by atoms with Crippen LogP contribution >= 0.6 is 11.6 Å². The normalized spacial score (nSPS) is 10.9. The third-order valence-corrected chi connectivity index (χ3v) is 4.85. The van der Waals surface area contributed by atoms with E-state index in [1.165, 1.54) is 20.3 Å². The lowest BCUT2D eigenvalue weighted by Crippen LogP contribution is -2.37. The first-order chi connectivity index (χ1) is 12.2. The second kappa shape index (κ2) is 8.29. The van der Waals surface area contributed by atoms with Gasteiger partial charge in [-0.3, -0.25) is 9.10 Å². The molecular weight excluding hydrogens is 380 g/mol. The van der Waals surface area contributed by atoms with Gasteiger partial charge in [0.15, 0.2) is 0 Å². The Hall–Kier alpha value is -2.45. The molecule has 0 unspecified atom stereocenters. The molecule has 1 amide bonds. The molecule has 0 atom stereocenters. The number of halogens is 1. The zero-order chi connectivity index (χ0) is 19.3. The number of nitrogens with zero attached hydrogens (tertiary/aromatic N) is 1. The van der Waals surface area contributed by atoms with Gasteiger partial charge in [0.05, 0.1) is 26.2 Å². The number of ether oxygens (including phenoxy) is 2. The van der Waals surface area contributed by atoms with Crippen LogP contribution in [0.3, 0.4) is 0 Å². The van der Waals surface area contributed by atoms with Gasteiger partial charge in [-0.1, -0.05) is 11.6 Å². The number of methoxy groups -OCH3 is 2. The minimum Gasteiger partial charge on any atom is -0.497 e. The summed E-state index contributed by atoms with van der Waals surface area (Å²) in [5, 5.41) is 3.16. The van der Waals surface area contributed by atoms with Crippen LogP contribution in [-0.2, 0) is 14.8 Å². The van der Waals surface area contributed by atoms with E-state index < -0.39 is 22.5 Å². The highest BCUT2D eigenvalue weighted by Gasteiger charge is 2.24. The van der Waals surface area contributed by atoms with E-state index in [2.05, 4.69) is 5.32 Å². The molecule has 0 heterocycles. The Morgan fingerprint density at radius 2 is 1.77 bits per heavy atom. The van der Waals surface area contributed by atoms with E-state index in [1.807, 2.05) is 0 Å². The summed E-state index contributed by atoms with van der Waals surface area (Å²) in [6.07, 6.45) is 1.02. The van der Waals surface area contributed by atoms with Crippen molar-refractivity contribution in [1.82, 2.24) is 0 Å². The Labute approximate surface area is 157 Å². The quantitative estimate of drug-likeness (QED) is 0.775. The molecule has 0 saturated carbocycles.